The van der Waals surface area contributed by atoms with Crippen molar-refractivity contribution in [2.75, 3.05) is 13.1 Å². The number of nitrogens with zero attached hydrogens (tertiary/aromatic N) is 5. The van der Waals surface area contributed by atoms with E-state index in [1.54, 1.807) is 35.6 Å². The number of hydrogen-bond acceptors (Lipinski definition) is 5. The van der Waals surface area contributed by atoms with Crippen LogP contribution in [0.3, 0.4) is 0 Å². The van der Waals surface area contributed by atoms with Gasteiger partial charge in [-0.2, -0.15) is 10.4 Å². The number of aromatic amines is 1. The van der Waals surface area contributed by atoms with E-state index >= 15 is 0 Å². The van der Waals surface area contributed by atoms with Crippen molar-refractivity contribution in [3.05, 3.63) is 71.0 Å². The number of rotatable bonds is 4. The maximum atomic E-state index is 14.5. The molecule has 0 saturated carbocycles. The van der Waals surface area contributed by atoms with Gasteiger partial charge in [0.2, 0.25) is 0 Å². The Morgan fingerprint density at radius 3 is 2.72 bits per heavy atom. The third kappa shape index (κ3) is 5.66. The van der Waals surface area contributed by atoms with E-state index in [4.69, 9.17) is 16.3 Å². The van der Waals surface area contributed by atoms with Crippen LogP contribution in [0.4, 0.5) is 9.18 Å². The summed E-state index contributed by atoms with van der Waals surface area (Å²) in [4.78, 5) is 21.8. The molecule has 4 aromatic rings. The number of halogens is 2. The fourth-order valence-corrected chi connectivity index (χ4v) is 4.96. The lowest BCUT2D eigenvalue weighted by atomic mass is 10.0. The molecule has 1 saturated heterocycles. The van der Waals surface area contributed by atoms with E-state index < -0.39 is 11.4 Å². The van der Waals surface area contributed by atoms with E-state index in [9.17, 15) is 14.4 Å². The predicted octanol–water partition coefficient (Wildman–Crippen LogP) is 6.86. The first kappa shape index (κ1) is 26.4. The average Bonchev–Trinajstić information content (AvgIpc) is 3.54. The molecule has 4 heterocycles. The van der Waals surface area contributed by atoms with Crippen LogP contribution in [-0.2, 0) is 4.74 Å². The molecule has 0 atom stereocenters. The highest BCUT2D eigenvalue weighted by Gasteiger charge is 2.28. The number of nitriles is 1. The molecule has 8 nitrogen and oxygen atoms in total. The van der Waals surface area contributed by atoms with E-state index in [-0.39, 0.29) is 28.3 Å². The summed E-state index contributed by atoms with van der Waals surface area (Å²) in [6.45, 7) is 6.80. The molecule has 10 heteroatoms. The van der Waals surface area contributed by atoms with Gasteiger partial charge in [-0.1, -0.05) is 17.7 Å². The monoisotopic (exact) mass is 546 g/mol. The number of H-pyrrole nitrogens is 1. The lowest BCUT2D eigenvalue weighted by Gasteiger charge is -2.33. The third-order valence-electron chi connectivity index (χ3n) is 6.64. The van der Waals surface area contributed by atoms with E-state index in [1.165, 1.54) is 12.1 Å². The van der Waals surface area contributed by atoms with Gasteiger partial charge in [0.05, 0.1) is 28.9 Å². The lowest BCUT2D eigenvalue weighted by Crippen LogP contribution is -2.42. The summed E-state index contributed by atoms with van der Waals surface area (Å²) >= 11 is 6.19. The quantitative estimate of drug-likeness (QED) is 0.282. The Hall–Kier alpha value is -4.16. The minimum atomic E-state index is -0.557. The number of piperidine rings is 1. The molecule has 1 fully saturated rings. The standard InChI is InChI=1S/C29H28ClFN6O2/c1-29(2,3)39-28(38)36-9-7-22(8-10-36)37-17-21(16-35-37)19-12-23-20(15-34-27(23)33-14-19)11-18(13-32)26-24(30)5-4-6-25(26)31/h4-6,11-12,14-17,22H,7-10H2,1-3H3,(H,33,34). The molecule has 1 aliphatic heterocycles. The number of benzene rings is 1. The van der Waals surface area contributed by atoms with Crippen LogP contribution in [0.5, 0.6) is 0 Å². The molecule has 1 N–H and O–H groups in total. The van der Waals surface area contributed by atoms with E-state index in [2.05, 4.69) is 21.1 Å². The van der Waals surface area contributed by atoms with Crippen LogP contribution >= 0.6 is 11.6 Å². The van der Waals surface area contributed by atoms with Gasteiger partial charge in [-0.15, -0.1) is 0 Å². The number of amides is 1. The molecule has 1 amide bonds. The zero-order chi connectivity index (χ0) is 27.7. The summed E-state index contributed by atoms with van der Waals surface area (Å²) in [7, 11) is 0. The molecular weight excluding hydrogens is 519 g/mol. The summed E-state index contributed by atoms with van der Waals surface area (Å²) in [6.07, 6.45) is 10.2. The number of ether oxygens (including phenoxy) is 1. The molecule has 1 aromatic carbocycles. The first-order valence-corrected chi connectivity index (χ1v) is 13.1. The van der Waals surface area contributed by atoms with Crippen molar-refractivity contribution in [3.8, 4) is 17.2 Å². The van der Waals surface area contributed by atoms with Crippen molar-refractivity contribution in [2.24, 2.45) is 0 Å². The Morgan fingerprint density at radius 2 is 2.03 bits per heavy atom. The van der Waals surface area contributed by atoms with Crippen LogP contribution in [0.2, 0.25) is 5.02 Å². The van der Waals surface area contributed by atoms with E-state index in [1.807, 2.05) is 37.7 Å². The van der Waals surface area contributed by atoms with Gasteiger partial charge >= 0.3 is 6.09 Å². The Balaban J connectivity index is 1.36. The Bertz CT molecular complexity index is 1580. The van der Waals surface area contributed by atoms with Crippen molar-refractivity contribution < 1.29 is 13.9 Å². The Labute approximate surface area is 230 Å². The Kier molecular flexibility index (Phi) is 7.15. The largest absolute Gasteiger partial charge is 0.444 e. The maximum Gasteiger partial charge on any atom is 0.410 e. The summed E-state index contributed by atoms with van der Waals surface area (Å²) < 4.78 is 21.9. The van der Waals surface area contributed by atoms with E-state index in [0.717, 1.165) is 29.4 Å². The van der Waals surface area contributed by atoms with Gasteiger partial charge in [0.25, 0.3) is 0 Å². The number of hydrogen-bond donors (Lipinski definition) is 1. The smallest absolute Gasteiger partial charge is 0.410 e. The van der Waals surface area contributed by atoms with Crippen LogP contribution in [0.15, 0.2) is 49.1 Å². The highest BCUT2D eigenvalue weighted by atomic mass is 35.5. The van der Waals surface area contributed by atoms with Gasteiger partial charge in [0, 0.05) is 59.3 Å². The van der Waals surface area contributed by atoms with Gasteiger partial charge in [0.1, 0.15) is 17.1 Å². The first-order valence-electron chi connectivity index (χ1n) is 12.7. The molecule has 0 spiro atoms. The zero-order valence-electron chi connectivity index (χ0n) is 21.9. The molecule has 0 bridgehead atoms. The van der Waals surface area contributed by atoms with Gasteiger partial charge in [-0.05, 0) is 57.9 Å². The normalized spacial score (nSPS) is 15.0. The summed E-state index contributed by atoms with van der Waals surface area (Å²) in [6, 6.07) is 8.54. The first-order chi connectivity index (χ1) is 18.6. The number of carbonyl (C=O) groups excluding carboxylic acids is 1. The third-order valence-corrected chi connectivity index (χ3v) is 6.96. The van der Waals surface area contributed by atoms with Crippen LogP contribution in [0, 0.1) is 17.1 Å². The van der Waals surface area contributed by atoms with Crippen LogP contribution in [0.25, 0.3) is 33.8 Å². The van der Waals surface area contributed by atoms with Gasteiger partial charge in [-0.3, -0.25) is 4.68 Å². The van der Waals surface area contributed by atoms with Crippen LogP contribution < -0.4 is 0 Å². The zero-order valence-corrected chi connectivity index (χ0v) is 22.7. The number of aromatic nitrogens is 4. The molecule has 1 aliphatic rings. The topological polar surface area (TPSA) is 99.8 Å². The fourth-order valence-electron chi connectivity index (χ4n) is 4.70. The van der Waals surface area contributed by atoms with Crippen molar-refractivity contribution in [3.63, 3.8) is 0 Å². The Morgan fingerprint density at radius 1 is 1.26 bits per heavy atom. The number of fused-ring (bicyclic) bond motifs is 1. The number of carbonyl (C=O) groups is 1. The van der Waals surface area contributed by atoms with Crippen molar-refractivity contribution in [2.45, 2.75) is 45.3 Å². The fraction of sp³-hybridized carbons (Fsp3) is 0.310. The summed E-state index contributed by atoms with van der Waals surface area (Å²) in [5.74, 6) is -0.557. The maximum absolute atomic E-state index is 14.5. The predicted molar refractivity (Wildman–Crippen MR) is 148 cm³/mol. The molecule has 0 unspecified atom stereocenters. The number of likely N-dealkylation sites (tertiary alicyclic amines) is 1. The lowest BCUT2D eigenvalue weighted by molar-refractivity contribution is 0.0185. The SMILES string of the molecule is CC(C)(C)OC(=O)N1CCC(n2cc(-c3cnc4[nH]cc(C=C(C#N)c5c(F)cccc5Cl)c4c3)cn2)CC1. The second-order valence-corrected chi connectivity index (χ2v) is 10.9. The van der Waals surface area contributed by atoms with Crippen LogP contribution in [0.1, 0.15) is 50.8 Å². The van der Waals surface area contributed by atoms with Crippen molar-refractivity contribution in [1.82, 2.24) is 24.6 Å². The number of pyridine rings is 1. The molecule has 0 aliphatic carbocycles. The average molecular weight is 547 g/mol. The molecule has 5 rings (SSSR count). The minimum absolute atomic E-state index is 0.0686. The molecule has 3 aromatic heterocycles. The minimum Gasteiger partial charge on any atom is -0.444 e. The highest BCUT2D eigenvalue weighted by molar-refractivity contribution is 6.32. The molecular formula is C29H28ClFN6O2. The number of nitrogens with one attached hydrogen (secondary N) is 1. The van der Waals surface area contributed by atoms with E-state index in [0.29, 0.717) is 24.3 Å². The second-order valence-electron chi connectivity index (χ2n) is 10.5. The molecule has 200 valence electrons. The summed E-state index contributed by atoms with van der Waals surface area (Å²) in [5.41, 5.74) is 2.76. The molecule has 0 radical (unpaired) electrons. The summed E-state index contributed by atoms with van der Waals surface area (Å²) in [5, 5.41) is 15.3. The van der Waals surface area contributed by atoms with Gasteiger partial charge in [-0.25, -0.2) is 14.2 Å². The molecule has 39 heavy (non-hydrogen) atoms. The van der Waals surface area contributed by atoms with Gasteiger partial charge < -0.3 is 14.6 Å². The van der Waals surface area contributed by atoms with Crippen molar-refractivity contribution >= 4 is 40.4 Å². The van der Waals surface area contributed by atoms with Gasteiger partial charge in [0.15, 0.2) is 0 Å². The number of allylic oxidation sites excluding steroid dienone is 1. The highest BCUT2D eigenvalue weighted by Crippen LogP contribution is 2.32. The van der Waals surface area contributed by atoms with Crippen molar-refractivity contribution in [1.29, 1.82) is 5.26 Å². The van der Waals surface area contributed by atoms with Crippen LogP contribution in [-0.4, -0.2) is 49.4 Å². The second kappa shape index (κ2) is 10.5.